The standard InChI is InChI=1S/C9H14N4O/c1-14-6-8-2-3-11-9(12-8)13-4-7(10)5-13/h2-3,7H,4-6,10H2,1H3. The van der Waals surface area contributed by atoms with Gasteiger partial charge in [-0.3, -0.25) is 0 Å². The van der Waals surface area contributed by atoms with E-state index in [4.69, 9.17) is 10.5 Å². The average molecular weight is 194 g/mol. The van der Waals surface area contributed by atoms with Gasteiger partial charge in [0.15, 0.2) is 0 Å². The fraction of sp³-hybridized carbons (Fsp3) is 0.556. The number of nitrogens with two attached hydrogens (primary N) is 1. The quantitative estimate of drug-likeness (QED) is 0.720. The molecule has 0 atom stereocenters. The van der Waals surface area contributed by atoms with Crippen molar-refractivity contribution < 1.29 is 4.74 Å². The molecule has 1 aromatic rings. The molecular weight excluding hydrogens is 180 g/mol. The van der Waals surface area contributed by atoms with Crippen molar-refractivity contribution in [2.75, 3.05) is 25.1 Å². The zero-order valence-electron chi connectivity index (χ0n) is 8.18. The molecular formula is C9H14N4O. The van der Waals surface area contributed by atoms with E-state index in [1.54, 1.807) is 13.3 Å². The molecule has 5 nitrogen and oxygen atoms in total. The van der Waals surface area contributed by atoms with Gasteiger partial charge in [-0.05, 0) is 6.07 Å². The zero-order valence-corrected chi connectivity index (χ0v) is 8.18. The Balaban J connectivity index is 2.06. The predicted molar refractivity (Wildman–Crippen MR) is 52.9 cm³/mol. The molecule has 0 aromatic carbocycles. The molecule has 2 rings (SSSR count). The lowest BCUT2D eigenvalue weighted by Crippen LogP contribution is -2.56. The number of ether oxygens (including phenoxy) is 1. The Bertz CT molecular complexity index is 311. The molecule has 1 fully saturated rings. The van der Waals surface area contributed by atoms with Crippen molar-refractivity contribution in [2.45, 2.75) is 12.6 Å². The summed E-state index contributed by atoms with van der Waals surface area (Å²) < 4.78 is 5.00. The molecule has 1 aromatic heterocycles. The van der Waals surface area contributed by atoms with Crippen molar-refractivity contribution in [3.05, 3.63) is 18.0 Å². The number of hydrogen-bond acceptors (Lipinski definition) is 5. The third-order valence-electron chi connectivity index (χ3n) is 2.19. The molecule has 14 heavy (non-hydrogen) atoms. The van der Waals surface area contributed by atoms with Gasteiger partial charge in [0.1, 0.15) is 0 Å². The number of aromatic nitrogens is 2. The summed E-state index contributed by atoms with van der Waals surface area (Å²) in [5.41, 5.74) is 6.58. The molecule has 0 amide bonds. The van der Waals surface area contributed by atoms with Crippen LogP contribution >= 0.6 is 0 Å². The van der Waals surface area contributed by atoms with Gasteiger partial charge in [-0.2, -0.15) is 0 Å². The van der Waals surface area contributed by atoms with Crippen LogP contribution in [0.3, 0.4) is 0 Å². The minimum Gasteiger partial charge on any atom is -0.378 e. The maximum Gasteiger partial charge on any atom is 0.225 e. The molecule has 0 radical (unpaired) electrons. The molecule has 0 unspecified atom stereocenters. The van der Waals surface area contributed by atoms with E-state index < -0.39 is 0 Å². The van der Waals surface area contributed by atoms with Gasteiger partial charge in [0.2, 0.25) is 5.95 Å². The lowest BCUT2D eigenvalue weighted by Gasteiger charge is -2.36. The van der Waals surface area contributed by atoms with Gasteiger partial charge in [-0.15, -0.1) is 0 Å². The number of rotatable bonds is 3. The van der Waals surface area contributed by atoms with Crippen LogP contribution in [0.4, 0.5) is 5.95 Å². The van der Waals surface area contributed by atoms with Crippen LogP contribution in [-0.4, -0.2) is 36.2 Å². The summed E-state index contributed by atoms with van der Waals surface area (Å²) in [7, 11) is 1.65. The highest BCUT2D eigenvalue weighted by atomic mass is 16.5. The summed E-state index contributed by atoms with van der Waals surface area (Å²) in [6.45, 7) is 2.21. The number of anilines is 1. The number of methoxy groups -OCH3 is 1. The van der Waals surface area contributed by atoms with E-state index in [0.717, 1.165) is 24.7 Å². The van der Waals surface area contributed by atoms with E-state index in [-0.39, 0.29) is 6.04 Å². The topological polar surface area (TPSA) is 64.3 Å². The maximum atomic E-state index is 5.68. The summed E-state index contributed by atoms with van der Waals surface area (Å²) in [4.78, 5) is 10.6. The Morgan fingerprint density at radius 3 is 3.07 bits per heavy atom. The molecule has 0 aliphatic carbocycles. The summed E-state index contributed by atoms with van der Waals surface area (Å²) in [6, 6.07) is 2.12. The predicted octanol–water partition coefficient (Wildman–Crippen LogP) is -0.230. The highest BCUT2D eigenvalue weighted by Gasteiger charge is 2.25. The Morgan fingerprint density at radius 2 is 2.43 bits per heavy atom. The molecule has 2 heterocycles. The third kappa shape index (κ3) is 1.83. The molecule has 0 saturated carbocycles. The van der Waals surface area contributed by atoms with Crippen LogP contribution in [0.25, 0.3) is 0 Å². The summed E-state index contributed by atoms with van der Waals surface area (Å²) in [5, 5.41) is 0. The second kappa shape index (κ2) is 3.89. The van der Waals surface area contributed by atoms with E-state index >= 15 is 0 Å². The largest absolute Gasteiger partial charge is 0.378 e. The van der Waals surface area contributed by atoms with E-state index in [1.165, 1.54) is 0 Å². The third-order valence-corrected chi connectivity index (χ3v) is 2.19. The Labute approximate surface area is 82.9 Å². The summed E-state index contributed by atoms with van der Waals surface area (Å²) in [5.74, 6) is 0.751. The molecule has 1 aliphatic heterocycles. The van der Waals surface area contributed by atoms with Gasteiger partial charge in [0, 0.05) is 32.4 Å². The van der Waals surface area contributed by atoms with Gasteiger partial charge >= 0.3 is 0 Å². The van der Waals surface area contributed by atoms with Crippen molar-refractivity contribution in [2.24, 2.45) is 5.73 Å². The molecule has 2 N–H and O–H groups in total. The summed E-state index contributed by atoms with van der Waals surface area (Å²) in [6.07, 6.45) is 1.75. The van der Waals surface area contributed by atoms with Crippen molar-refractivity contribution in [1.29, 1.82) is 0 Å². The fourth-order valence-electron chi connectivity index (χ4n) is 1.44. The zero-order chi connectivity index (χ0) is 9.97. The number of hydrogen-bond donors (Lipinski definition) is 1. The van der Waals surface area contributed by atoms with Crippen LogP contribution in [0.1, 0.15) is 5.69 Å². The van der Waals surface area contributed by atoms with Crippen LogP contribution in [-0.2, 0) is 11.3 Å². The van der Waals surface area contributed by atoms with Gasteiger partial charge in [-0.25, -0.2) is 9.97 Å². The normalized spacial score (nSPS) is 16.9. The first kappa shape index (κ1) is 9.36. The Hall–Kier alpha value is -1.20. The Morgan fingerprint density at radius 1 is 1.64 bits per heavy atom. The minimum absolute atomic E-state index is 0.268. The SMILES string of the molecule is COCc1ccnc(N2CC(N)C2)n1. The van der Waals surface area contributed by atoms with E-state index in [0.29, 0.717) is 6.61 Å². The first-order valence-corrected chi connectivity index (χ1v) is 4.61. The number of nitrogens with zero attached hydrogens (tertiary/aromatic N) is 3. The molecule has 0 bridgehead atoms. The van der Waals surface area contributed by atoms with E-state index in [2.05, 4.69) is 14.9 Å². The van der Waals surface area contributed by atoms with Gasteiger partial charge in [-0.1, -0.05) is 0 Å². The van der Waals surface area contributed by atoms with Crippen LogP contribution in [0, 0.1) is 0 Å². The van der Waals surface area contributed by atoms with Crippen molar-refractivity contribution in [3.8, 4) is 0 Å². The second-order valence-corrected chi connectivity index (χ2v) is 3.45. The summed E-state index contributed by atoms with van der Waals surface area (Å²) >= 11 is 0. The fourth-order valence-corrected chi connectivity index (χ4v) is 1.44. The molecule has 1 aliphatic rings. The first-order chi connectivity index (χ1) is 6.79. The van der Waals surface area contributed by atoms with Crippen molar-refractivity contribution in [3.63, 3.8) is 0 Å². The van der Waals surface area contributed by atoms with Crippen molar-refractivity contribution >= 4 is 5.95 Å². The molecule has 0 spiro atoms. The molecule has 1 saturated heterocycles. The molecule has 76 valence electrons. The average Bonchev–Trinajstić information content (AvgIpc) is 2.14. The van der Waals surface area contributed by atoms with Crippen LogP contribution in [0.5, 0.6) is 0 Å². The second-order valence-electron chi connectivity index (χ2n) is 3.45. The van der Waals surface area contributed by atoms with Gasteiger partial charge in [0.25, 0.3) is 0 Å². The Kier molecular flexibility index (Phi) is 2.60. The lowest BCUT2D eigenvalue weighted by atomic mass is 10.1. The van der Waals surface area contributed by atoms with Gasteiger partial charge in [0.05, 0.1) is 12.3 Å². The van der Waals surface area contributed by atoms with Crippen LogP contribution < -0.4 is 10.6 Å². The van der Waals surface area contributed by atoms with Crippen LogP contribution in [0.15, 0.2) is 12.3 Å². The highest BCUT2D eigenvalue weighted by Crippen LogP contribution is 2.14. The maximum absolute atomic E-state index is 5.68. The monoisotopic (exact) mass is 194 g/mol. The smallest absolute Gasteiger partial charge is 0.225 e. The first-order valence-electron chi connectivity index (χ1n) is 4.61. The van der Waals surface area contributed by atoms with Crippen molar-refractivity contribution in [1.82, 2.24) is 9.97 Å². The lowest BCUT2D eigenvalue weighted by molar-refractivity contribution is 0.181. The minimum atomic E-state index is 0.268. The van der Waals surface area contributed by atoms with Crippen LogP contribution in [0.2, 0.25) is 0 Å². The van der Waals surface area contributed by atoms with E-state index in [9.17, 15) is 0 Å². The highest BCUT2D eigenvalue weighted by molar-refractivity contribution is 5.35. The van der Waals surface area contributed by atoms with Gasteiger partial charge < -0.3 is 15.4 Å². The van der Waals surface area contributed by atoms with E-state index in [1.807, 2.05) is 6.07 Å². The molecule has 5 heteroatoms.